The smallest absolute Gasteiger partial charge is 0.309 e. The fourth-order valence-corrected chi connectivity index (χ4v) is 3.61. The van der Waals surface area contributed by atoms with Crippen molar-refractivity contribution in [2.75, 3.05) is 26.7 Å². The molecule has 1 aliphatic carbocycles. The Morgan fingerprint density at radius 2 is 1.48 bits per heavy atom. The van der Waals surface area contributed by atoms with Gasteiger partial charge >= 0.3 is 5.97 Å². The van der Waals surface area contributed by atoms with Crippen LogP contribution in [0.25, 0.3) is 0 Å². The summed E-state index contributed by atoms with van der Waals surface area (Å²) >= 11 is 0. The van der Waals surface area contributed by atoms with Crippen LogP contribution < -0.4 is 5.32 Å². The van der Waals surface area contributed by atoms with Crippen LogP contribution >= 0.6 is 0 Å². The number of benzene rings is 2. The number of carbonyl (C=O) groups excluding carboxylic acids is 1. The van der Waals surface area contributed by atoms with Gasteiger partial charge in [-0.1, -0.05) is 60.7 Å². The summed E-state index contributed by atoms with van der Waals surface area (Å²) in [5.41, 5.74) is 2.35. The predicted octanol–water partition coefficient (Wildman–Crippen LogP) is 4.05. The Bertz CT molecular complexity index is 679. The molecule has 0 bridgehead atoms. The van der Waals surface area contributed by atoms with Crippen molar-refractivity contribution in [3.8, 4) is 0 Å². The Morgan fingerprint density at radius 3 is 2.00 bits per heavy atom. The molecule has 2 fully saturated rings. The molecule has 0 atom stereocenters. The van der Waals surface area contributed by atoms with Crippen LogP contribution in [-0.2, 0) is 22.5 Å². The SMILES string of the molecule is COC(=O)Cc1ccc(CN2CCC(CNC3CC3)CC2)cc1.c1ccccc1. The number of nitrogens with one attached hydrogen (secondary N) is 1. The molecule has 0 radical (unpaired) electrons. The molecule has 29 heavy (non-hydrogen) atoms. The van der Waals surface area contributed by atoms with E-state index in [0.717, 1.165) is 24.1 Å². The highest BCUT2D eigenvalue weighted by Gasteiger charge is 2.24. The molecule has 1 heterocycles. The number of piperidine rings is 1. The standard InChI is InChI=1S/C19H28N2O2.C6H6/c1-23-19(22)12-15-2-4-17(5-3-15)14-21-10-8-16(9-11-21)13-20-18-6-7-18;1-2-4-6-5-3-1/h2-5,16,18,20H,6-14H2,1H3;1-6H. The summed E-state index contributed by atoms with van der Waals surface area (Å²) in [6, 6.07) is 21.2. The molecule has 1 saturated heterocycles. The summed E-state index contributed by atoms with van der Waals surface area (Å²) in [6.07, 6.45) is 5.73. The van der Waals surface area contributed by atoms with E-state index in [9.17, 15) is 4.79 Å². The highest BCUT2D eigenvalue weighted by molar-refractivity contribution is 5.72. The monoisotopic (exact) mass is 394 g/mol. The van der Waals surface area contributed by atoms with E-state index < -0.39 is 0 Å². The molecular formula is C25H34N2O2. The maximum atomic E-state index is 11.3. The molecule has 1 N–H and O–H groups in total. The summed E-state index contributed by atoms with van der Waals surface area (Å²) < 4.78 is 4.70. The first-order chi connectivity index (χ1) is 14.2. The van der Waals surface area contributed by atoms with Crippen LogP contribution in [0.4, 0.5) is 0 Å². The van der Waals surface area contributed by atoms with Crippen LogP contribution in [0, 0.1) is 5.92 Å². The van der Waals surface area contributed by atoms with Gasteiger partial charge in [-0.05, 0) is 62.4 Å². The van der Waals surface area contributed by atoms with Crippen molar-refractivity contribution in [2.24, 2.45) is 5.92 Å². The van der Waals surface area contributed by atoms with Crippen LogP contribution in [0.3, 0.4) is 0 Å². The lowest BCUT2D eigenvalue weighted by molar-refractivity contribution is -0.139. The van der Waals surface area contributed by atoms with Gasteiger partial charge in [-0.15, -0.1) is 0 Å². The molecule has 0 unspecified atom stereocenters. The third kappa shape index (κ3) is 8.38. The van der Waals surface area contributed by atoms with Crippen molar-refractivity contribution < 1.29 is 9.53 Å². The highest BCUT2D eigenvalue weighted by atomic mass is 16.5. The average Bonchev–Trinajstić information content (AvgIpc) is 3.61. The second-order valence-corrected chi connectivity index (χ2v) is 8.13. The third-order valence-corrected chi connectivity index (χ3v) is 5.65. The van der Waals surface area contributed by atoms with Crippen molar-refractivity contribution in [2.45, 2.75) is 44.7 Å². The number of hydrogen-bond donors (Lipinski definition) is 1. The lowest BCUT2D eigenvalue weighted by atomic mass is 9.96. The molecule has 2 aromatic carbocycles. The van der Waals surface area contributed by atoms with Crippen molar-refractivity contribution in [3.63, 3.8) is 0 Å². The second-order valence-electron chi connectivity index (χ2n) is 8.13. The summed E-state index contributed by atoms with van der Waals surface area (Å²) in [5, 5.41) is 3.66. The summed E-state index contributed by atoms with van der Waals surface area (Å²) in [4.78, 5) is 13.8. The minimum absolute atomic E-state index is 0.181. The van der Waals surface area contributed by atoms with Crippen LogP contribution in [-0.4, -0.2) is 43.7 Å². The molecule has 2 aliphatic rings. The quantitative estimate of drug-likeness (QED) is 0.720. The zero-order valence-corrected chi connectivity index (χ0v) is 17.6. The minimum atomic E-state index is -0.181. The predicted molar refractivity (Wildman–Crippen MR) is 118 cm³/mol. The number of carbonyl (C=O) groups is 1. The molecule has 1 aliphatic heterocycles. The van der Waals surface area contributed by atoms with E-state index in [4.69, 9.17) is 4.74 Å². The molecule has 1 saturated carbocycles. The molecular weight excluding hydrogens is 360 g/mol. The van der Waals surface area contributed by atoms with Gasteiger partial charge in [-0.25, -0.2) is 0 Å². The first-order valence-corrected chi connectivity index (χ1v) is 10.8. The van der Waals surface area contributed by atoms with E-state index >= 15 is 0 Å². The molecule has 4 nitrogen and oxygen atoms in total. The Labute approximate surface area is 175 Å². The van der Waals surface area contributed by atoms with E-state index in [1.807, 2.05) is 48.5 Å². The summed E-state index contributed by atoms with van der Waals surface area (Å²) in [6.45, 7) is 4.61. The van der Waals surface area contributed by atoms with E-state index in [0.29, 0.717) is 6.42 Å². The molecule has 4 heteroatoms. The van der Waals surface area contributed by atoms with Gasteiger partial charge in [0.05, 0.1) is 13.5 Å². The van der Waals surface area contributed by atoms with Crippen molar-refractivity contribution in [3.05, 3.63) is 71.8 Å². The Morgan fingerprint density at radius 1 is 0.931 bits per heavy atom. The lowest BCUT2D eigenvalue weighted by Gasteiger charge is -2.32. The van der Waals surface area contributed by atoms with Crippen molar-refractivity contribution >= 4 is 5.97 Å². The molecule has 156 valence electrons. The topological polar surface area (TPSA) is 41.6 Å². The second kappa shape index (κ2) is 11.7. The average molecular weight is 395 g/mol. The molecule has 0 amide bonds. The van der Waals surface area contributed by atoms with Crippen LogP contribution in [0.1, 0.15) is 36.8 Å². The molecule has 0 spiro atoms. The fraction of sp³-hybridized carbons (Fsp3) is 0.480. The van der Waals surface area contributed by atoms with Gasteiger partial charge in [0.15, 0.2) is 0 Å². The first kappa shape index (κ1) is 21.5. The van der Waals surface area contributed by atoms with Gasteiger partial charge in [0.25, 0.3) is 0 Å². The van der Waals surface area contributed by atoms with Gasteiger partial charge in [0.1, 0.15) is 0 Å². The van der Waals surface area contributed by atoms with E-state index in [-0.39, 0.29) is 5.97 Å². The highest BCUT2D eigenvalue weighted by Crippen LogP contribution is 2.22. The van der Waals surface area contributed by atoms with Crippen molar-refractivity contribution in [1.29, 1.82) is 0 Å². The van der Waals surface area contributed by atoms with Gasteiger partial charge in [-0.3, -0.25) is 9.69 Å². The van der Waals surface area contributed by atoms with Gasteiger partial charge in [0, 0.05) is 12.6 Å². The first-order valence-electron chi connectivity index (χ1n) is 10.8. The van der Waals surface area contributed by atoms with Crippen molar-refractivity contribution in [1.82, 2.24) is 10.2 Å². The molecule has 2 aromatic rings. The number of nitrogens with zero attached hydrogens (tertiary/aromatic N) is 1. The van der Waals surface area contributed by atoms with Gasteiger partial charge in [-0.2, -0.15) is 0 Å². The zero-order chi connectivity index (χ0) is 20.3. The molecule has 0 aromatic heterocycles. The van der Waals surface area contributed by atoms with Gasteiger partial charge < -0.3 is 10.1 Å². The van der Waals surface area contributed by atoms with E-state index in [1.165, 1.54) is 58.0 Å². The van der Waals surface area contributed by atoms with Crippen LogP contribution in [0.15, 0.2) is 60.7 Å². The fourth-order valence-electron chi connectivity index (χ4n) is 3.61. The maximum absolute atomic E-state index is 11.3. The third-order valence-electron chi connectivity index (χ3n) is 5.65. The van der Waals surface area contributed by atoms with Crippen LogP contribution in [0.2, 0.25) is 0 Å². The number of likely N-dealkylation sites (tertiary alicyclic amines) is 1. The summed E-state index contributed by atoms with van der Waals surface area (Å²) in [7, 11) is 1.43. The Kier molecular flexibility index (Phi) is 8.72. The number of hydrogen-bond acceptors (Lipinski definition) is 4. The Balaban J connectivity index is 0.000000343. The number of methoxy groups -OCH3 is 1. The maximum Gasteiger partial charge on any atom is 0.309 e. The minimum Gasteiger partial charge on any atom is -0.469 e. The van der Waals surface area contributed by atoms with E-state index in [2.05, 4.69) is 22.3 Å². The zero-order valence-electron chi connectivity index (χ0n) is 17.6. The molecule has 4 rings (SSSR count). The van der Waals surface area contributed by atoms with Gasteiger partial charge in [0.2, 0.25) is 0 Å². The summed E-state index contributed by atoms with van der Waals surface area (Å²) in [5.74, 6) is 0.675. The normalized spacial score (nSPS) is 17.3. The lowest BCUT2D eigenvalue weighted by Crippen LogP contribution is -2.37. The Hall–Kier alpha value is -2.17. The largest absolute Gasteiger partial charge is 0.469 e. The van der Waals surface area contributed by atoms with E-state index in [1.54, 1.807) is 0 Å². The number of rotatable bonds is 7. The number of ether oxygens (including phenoxy) is 1. The van der Waals surface area contributed by atoms with Crippen LogP contribution in [0.5, 0.6) is 0 Å². The number of esters is 1.